The van der Waals surface area contributed by atoms with Crippen molar-refractivity contribution in [2.75, 3.05) is 19.6 Å². The van der Waals surface area contributed by atoms with E-state index in [1.54, 1.807) is 24.3 Å². The number of hydrogen-bond donors (Lipinski definition) is 3. The van der Waals surface area contributed by atoms with Gasteiger partial charge in [-0.1, -0.05) is 12.1 Å². The fraction of sp³-hybridized carbons (Fsp3) is 0.500. The predicted octanol–water partition coefficient (Wildman–Crippen LogP) is 0.211. The maximum Gasteiger partial charge on any atom is 0.240 e. The molecule has 6 nitrogen and oxygen atoms in total. The van der Waals surface area contributed by atoms with Gasteiger partial charge in [0.25, 0.3) is 0 Å². The largest absolute Gasteiger partial charge is 0.352 e. The van der Waals surface area contributed by atoms with Crippen LogP contribution >= 0.6 is 0 Å². The Hall–Kier alpha value is -1.44. The van der Waals surface area contributed by atoms with Gasteiger partial charge in [-0.3, -0.25) is 4.79 Å². The number of rotatable bonds is 6. The Balaban J connectivity index is 1.94. The molecule has 116 valence electrons. The minimum atomic E-state index is -3.46. The first-order valence-electron chi connectivity index (χ1n) is 7.01. The summed E-state index contributed by atoms with van der Waals surface area (Å²) < 4.78 is 27.0. The van der Waals surface area contributed by atoms with Gasteiger partial charge < -0.3 is 10.6 Å². The molecule has 1 fully saturated rings. The van der Waals surface area contributed by atoms with Crippen LogP contribution in [0.1, 0.15) is 18.9 Å². The molecular formula is C14H21N3O3S. The minimum absolute atomic E-state index is 0.112. The van der Waals surface area contributed by atoms with E-state index in [0.717, 1.165) is 25.1 Å². The number of amides is 1. The number of carbonyl (C=O) groups is 1. The molecule has 1 saturated heterocycles. The third-order valence-corrected chi connectivity index (χ3v) is 4.94. The topological polar surface area (TPSA) is 87.3 Å². The van der Waals surface area contributed by atoms with E-state index in [1.165, 1.54) is 6.92 Å². The second kappa shape index (κ2) is 7.02. The average molecular weight is 311 g/mol. The maximum absolute atomic E-state index is 12.2. The van der Waals surface area contributed by atoms with Crippen molar-refractivity contribution in [2.45, 2.75) is 24.8 Å². The second-order valence-corrected chi connectivity index (χ2v) is 7.03. The van der Waals surface area contributed by atoms with E-state index >= 15 is 0 Å². The highest BCUT2D eigenvalue weighted by Crippen LogP contribution is 2.12. The van der Waals surface area contributed by atoms with Crippen LogP contribution in [-0.2, 0) is 21.4 Å². The Labute approximate surface area is 125 Å². The molecule has 2 rings (SSSR count). The van der Waals surface area contributed by atoms with Gasteiger partial charge in [0.15, 0.2) is 0 Å². The molecule has 1 aromatic carbocycles. The van der Waals surface area contributed by atoms with Crippen LogP contribution in [0.4, 0.5) is 0 Å². The smallest absolute Gasteiger partial charge is 0.240 e. The van der Waals surface area contributed by atoms with Gasteiger partial charge >= 0.3 is 0 Å². The summed E-state index contributed by atoms with van der Waals surface area (Å²) in [6, 6.07) is 6.54. The lowest BCUT2D eigenvalue weighted by molar-refractivity contribution is -0.119. The summed E-state index contributed by atoms with van der Waals surface area (Å²) in [6.45, 7) is 4.11. The van der Waals surface area contributed by atoms with Crippen molar-refractivity contribution in [3.05, 3.63) is 29.8 Å². The van der Waals surface area contributed by atoms with Gasteiger partial charge in [-0.25, -0.2) is 13.1 Å². The molecule has 0 aliphatic carbocycles. The lowest BCUT2D eigenvalue weighted by Gasteiger charge is -2.11. The normalized spacial score (nSPS) is 18.6. The van der Waals surface area contributed by atoms with E-state index in [9.17, 15) is 13.2 Å². The summed E-state index contributed by atoms with van der Waals surface area (Å²) >= 11 is 0. The first-order chi connectivity index (χ1) is 9.97. The Bertz CT molecular complexity index is 578. The molecule has 0 saturated carbocycles. The first-order valence-corrected chi connectivity index (χ1v) is 8.49. The molecular weight excluding hydrogens is 290 g/mol. The van der Waals surface area contributed by atoms with E-state index in [0.29, 0.717) is 19.0 Å². The lowest BCUT2D eigenvalue weighted by atomic mass is 10.1. The molecule has 0 aromatic heterocycles. The number of benzene rings is 1. The molecule has 3 N–H and O–H groups in total. The van der Waals surface area contributed by atoms with Gasteiger partial charge in [-0.05, 0) is 43.1 Å². The molecule has 1 unspecified atom stereocenters. The summed E-state index contributed by atoms with van der Waals surface area (Å²) in [6.07, 6.45) is 0.998. The van der Waals surface area contributed by atoms with E-state index in [-0.39, 0.29) is 10.8 Å². The molecule has 0 spiro atoms. The van der Waals surface area contributed by atoms with E-state index in [1.807, 2.05) is 0 Å². The summed E-state index contributed by atoms with van der Waals surface area (Å²) in [5.74, 6) is 0.248. The fourth-order valence-corrected chi connectivity index (χ4v) is 3.33. The van der Waals surface area contributed by atoms with Gasteiger partial charge in [0.1, 0.15) is 0 Å². The molecule has 1 heterocycles. The van der Waals surface area contributed by atoms with Crippen molar-refractivity contribution in [1.29, 1.82) is 0 Å². The van der Waals surface area contributed by atoms with Crippen LogP contribution in [-0.4, -0.2) is 34.0 Å². The molecule has 1 atom stereocenters. The predicted molar refractivity (Wildman–Crippen MR) is 80.1 cm³/mol. The Kier molecular flexibility index (Phi) is 5.33. The molecule has 21 heavy (non-hydrogen) atoms. The van der Waals surface area contributed by atoms with Crippen molar-refractivity contribution >= 4 is 15.9 Å². The standard InChI is InChI=1S/C14H21N3O3S/c1-11(18)16-9-12-2-4-14(5-3-12)21(19,20)17-10-13-6-7-15-8-13/h2-5,13,15,17H,6-10H2,1H3,(H,16,18). The Morgan fingerprint density at radius 2 is 2.05 bits per heavy atom. The van der Waals surface area contributed by atoms with Crippen molar-refractivity contribution < 1.29 is 13.2 Å². The highest BCUT2D eigenvalue weighted by atomic mass is 32.2. The van der Waals surface area contributed by atoms with Gasteiger partial charge in [0.05, 0.1) is 4.90 Å². The average Bonchev–Trinajstić information content (AvgIpc) is 2.97. The van der Waals surface area contributed by atoms with E-state index in [2.05, 4.69) is 15.4 Å². The lowest BCUT2D eigenvalue weighted by Crippen LogP contribution is -2.30. The van der Waals surface area contributed by atoms with Crippen LogP contribution in [0.3, 0.4) is 0 Å². The number of hydrogen-bond acceptors (Lipinski definition) is 4. The van der Waals surface area contributed by atoms with E-state index < -0.39 is 10.0 Å². The number of nitrogens with one attached hydrogen (secondary N) is 3. The second-order valence-electron chi connectivity index (χ2n) is 5.26. The van der Waals surface area contributed by atoms with Crippen molar-refractivity contribution in [2.24, 2.45) is 5.92 Å². The van der Waals surface area contributed by atoms with Crippen LogP contribution < -0.4 is 15.4 Å². The van der Waals surface area contributed by atoms with Crippen LogP contribution in [0.15, 0.2) is 29.2 Å². The maximum atomic E-state index is 12.2. The highest BCUT2D eigenvalue weighted by molar-refractivity contribution is 7.89. The zero-order chi connectivity index (χ0) is 15.3. The number of carbonyl (C=O) groups excluding carboxylic acids is 1. The SMILES string of the molecule is CC(=O)NCc1ccc(S(=O)(=O)NCC2CCNC2)cc1. The highest BCUT2D eigenvalue weighted by Gasteiger charge is 2.19. The minimum Gasteiger partial charge on any atom is -0.352 e. The Morgan fingerprint density at radius 1 is 1.33 bits per heavy atom. The van der Waals surface area contributed by atoms with Crippen LogP contribution in [0.5, 0.6) is 0 Å². The molecule has 0 radical (unpaired) electrons. The molecule has 1 amide bonds. The van der Waals surface area contributed by atoms with Gasteiger partial charge in [0, 0.05) is 20.0 Å². The molecule has 7 heteroatoms. The number of sulfonamides is 1. The third-order valence-electron chi connectivity index (χ3n) is 3.50. The van der Waals surface area contributed by atoms with Crippen molar-refractivity contribution in [3.8, 4) is 0 Å². The first kappa shape index (κ1) is 15.9. The van der Waals surface area contributed by atoms with Crippen LogP contribution in [0, 0.1) is 5.92 Å². The van der Waals surface area contributed by atoms with Crippen LogP contribution in [0.25, 0.3) is 0 Å². The van der Waals surface area contributed by atoms with E-state index in [4.69, 9.17) is 0 Å². The summed E-state index contributed by atoms with van der Waals surface area (Å²) in [7, 11) is -3.46. The molecule has 1 aromatic rings. The zero-order valence-corrected chi connectivity index (χ0v) is 12.9. The summed E-state index contributed by atoms with van der Waals surface area (Å²) in [5.41, 5.74) is 0.865. The summed E-state index contributed by atoms with van der Waals surface area (Å²) in [4.78, 5) is 11.1. The molecule has 0 bridgehead atoms. The Morgan fingerprint density at radius 3 is 2.62 bits per heavy atom. The monoisotopic (exact) mass is 311 g/mol. The molecule has 1 aliphatic rings. The third kappa shape index (κ3) is 4.80. The van der Waals surface area contributed by atoms with Crippen molar-refractivity contribution in [3.63, 3.8) is 0 Å². The van der Waals surface area contributed by atoms with Gasteiger partial charge in [-0.15, -0.1) is 0 Å². The summed E-state index contributed by atoms with van der Waals surface area (Å²) in [5, 5.41) is 5.88. The van der Waals surface area contributed by atoms with Crippen LogP contribution in [0.2, 0.25) is 0 Å². The van der Waals surface area contributed by atoms with Gasteiger partial charge in [-0.2, -0.15) is 0 Å². The zero-order valence-electron chi connectivity index (χ0n) is 12.1. The molecule has 1 aliphatic heterocycles. The van der Waals surface area contributed by atoms with Crippen molar-refractivity contribution in [1.82, 2.24) is 15.4 Å². The fourth-order valence-electron chi connectivity index (χ4n) is 2.21. The van der Waals surface area contributed by atoms with Gasteiger partial charge in [0.2, 0.25) is 15.9 Å². The quantitative estimate of drug-likeness (QED) is 0.701.